The van der Waals surface area contributed by atoms with Crippen molar-refractivity contribution in [2.24, 2.45) is 5.73 Å². The van der Waals surface area contributed by atoms with Gasteiger partial charge in [0.15, 0.2) is 0 Å². The molecule has 0 atom stereocenters. The van der Waals surface area contributed by atoms with Gasteiger partial charge < -0.3 is 5.73 Å². The van der Waals surface area contributed by atoms with E-state index in [4.69, 9.17) is 5.73 Å². The maximum atomic E-state index is 5.35. The lowest BCUT2D eigenvalue weighted by Crippen LogP contribution is -1.94. The van der Waals surface area contributed by atoms with Gasteiger partial charge in [-0.05, 0) is 5.56 Å². The van der Waals surface area contributed by atoms with E-state index in [1.807, 2.05) is 30.3 Å². The van der Waals surface area contributed by atoms with Crippen LogP contribution in [0.5, 0.6) is 0 Å². The topological polar surface area (TPSA) is 26.0 Å². The fourth-order valence-corrected chi connectivity index (χ4v) is 0.864. The predicted molar refractivity (Wildman–Crippen MR) is 52.8 cm³/mol. The average molecular weight is 163 g/mol. The highest BCUT2D eigenvalue weighted by Gasteiger charge is 1.95. The lowest BCUT2D eigenvalue weighted by Gasteiger charge is -2.05. The van der Waals surface area contributed by atoms with Gasteiger partial charge in [-0.3, -0.25) is 0 Å². The monoisotopic (exact) mass is 163 g/mol. The van der Waals surface area contributed by atoms with E-state index in [1.54, 1.807) is 0 Å². The van der Waals surface area contributed by atoms with Gasteiger partial charge in [-0.2, -0.15) is 0 Å². The van der Waals surface area contributed by atoms with Gasteiger partial charge in [0, 0.05) is 6.54 Å². The molecule has 0 unspecified atom stereocenters. The first-order chi connectivity index (χ1) is 5.93. The largest absolute Gasteiger partial charge is 0.326 e. The molecule has 2 N–H and O–H groups in total. The molecule has 0 saturated heterocycles. The van der Waals surface area contributed by atoms with Gasteiger partial charge in [0.05, 0.1) is 0 Å². The Morgan fingerprint density at radius 2 is 1.42 bits per heavy atom. The van der Waals surface area contributed by atoms with Gasteiger partial charge in [-0.1, -0.05) is 56.0 Å². The third kappa shape index (κ3) is 3.54. The molecule has 1 aromatic carbocycles. The number of hydrogen-bond acceptors (Lipinski definition) is 1. The minimum absolute atomic E-state index is 0.640. The summed E-state index contributed by atoms with van der Waals surface area (Å²) in [6.07, 6.45) is 6.00. The van der Waals surface area contributed by atoms with Gasteiger partial charge in [0.1, 0.15) is 0 Å². The van der Waals surface area contributed by atoms with Crippen LogP contribution in [0.15, 0.2) is 30.3 Å². The molecule has 0 aliphatic heterocycles. The zero-order valence-corrected chi connectivity index (χ0v) is 7.50. The standard InChI is InChI=1S/C7H9N.C4H8/c8-6-7-4-2-1-3-5-7;1-2-4-3-1/h1-5H,6,8H2;1-4H2. The molecule has 1 nitrogen and oxygen atoms in total. The van der Waals surface area contributed by atoms with Crippen LogP contribution in [0.2, 0.25) is 0 Å². The van der Waals surface area contributed by atoms with Crippen molar-refractivity contribution in [2.75, 3.05) is 0 Å². The Kier molecular flexibility index (Phi) is 4.47. The highest BCUT2D eigenvalue weighted by molar-refractivity contribution is 5.13. The van der Waals surface area contributed by atoms with Crippen molar-refractivity contribution in [3.63, 3.8) is 0 Å². The molecule has 0 spiro atoms. The van der Waals surface area contributed by atoms with E-state index >= 15 is 0 Å². The molecule has 0 aromatic heterocycles. The fourth-order valence-electron chi connectivity index (χ4n) is 0.864. The molecule has 0 radical (unpaired) electrons. The van der Waals surface area contributed by atoms with Gasteiger partial charge in [-0.15, -0.1) is 0 Å². The van der Waals surface area contributed by atoms with Crippen LogP contribution in [0.4, 0.5) is 0 Å². The maximum absolute atomic E-state index is 5.35. The SMILES string of the molecule is C1CCC1.NCc1ccccc1. The Hall–Kier alpha value is -0.820. The van der Waals surface area contributed by atoms with E-state index in [9.17, 15) is 0 Å². The van der Waals surface area contributed by atoms with E-state index in [0.29, 0.717) is 6.54 Å². The molecule has 0 amide bonds. The second-order valence-electron chi connectivity index (χ2n) is 3.10. The zero-order chi connectivity index (χ0) is 8.65. The minimum Gasteiger partial charge on any atom is -0.326 e. The third-order valence-electron chi connectivity index (χ3n) is 2.08. The van der Waals surface area contributed by atoms with Crippen LogP contribution in [0.25, 0.3) is 0 Å². The van der Waals surface area contributed by atoms with Crippen LogP contribution >= 0.6 is 0 Å². The molecular weight excluding hydrogens is 146 g/mol. The number of benzene rings is 1. The molecule has 12 heavy (non-hydrogen) atoms. The van der Waals surface area contributed by atoms with Crippen molar-refractivity contribution in [2.45, 2.75) is 32.2 Å². The van der Waals surface area contributed by atoms with Crippen molar-refractivity contribution in [3.05, 3.63) is 35.9 Å². The third-order valence-corrected chi connectivity index (χ3v) is 2.08. The van der Waals surface area contributed by atoms with Gasteiger partial charge >= 0.3 is 0 Å². The second-order valence-corrected chi connectivity index (χ2v) is 3.10. The first-order valence-electron chi connectivity index (χ1n) is 4.67. The highest BCUT2D eigenvalue weighted by Crippen LogP contribution is 2.15. The van der Waals surface area contributed by atoms with Crippen molar-refractivity contribution >= 4 is 0 Å². The Balaban J connectivity index is 0.000000150. The van der Waals surface area contributed by atoms with Crippen molar-refractivity contribution < 1.29 is 0 Å². The maximum Gasteiger partial charge on any atom is 0.0178 e. The van der Waals surface area contributed by atoms with Crippen molar-refractivity contribution in [3.8, 4) is 0 Å². The fraction of sp³-hybridized carbons (Fsp3) is 0.455. The first kappa shape index (κ1) is 9.27. The molecule has 1 saturated carbocycles. The first-order valence-corrected chi connectivity index (χ1v) is 4.67. The summed E-state index contributed by atoms with van der Waals surface area (Å²) in [5.74, 6) is 0. The van der Waals surface area contributed by atoms with E-state index in [-0.39, 0.29) is 0 Å². The summed E-state index contributed by atoms with van der Waals surface area (Å²) in [6, 6.07) is 9.99. The molecule has 2 rings (SSSR count). The van der Waals surface area contributed by atoms with Crippen molar-refractivity contribution in [1.82, 2.24) is 0 Å². The number of rotatable bonds is 1. The quantitative estimate of drug-likeness (QED) is 0.676. The Morgan fingerprint density at radius 1 is 0.917 bits per heavy atom. The van der Waals surface area contributed by atoms with E-state index in [2.05, 4.69) is 0 Å². The summed E-state index contributed by atoms with van der Waals surface area (Å²) < 4.78 is 0. The average Bonchev–Trinajstić information content (AvgIpc) is 2.03. The van der Waals surface area contributed by atoms with Crippen LogP contribution < -0.4 is 5.73 Å². The molecule has 1 aliphatic rings. The smallest absolute Gasteiger partial charge is 0.0178 e. The Labute approximate surface area is 74.6 Å². The predicted octanol–water partition coefficient (Wildman–Crippen LogP) is 2.71. The summed E-state index contributed by atoms with van der Waals surface area (Å²) in [6.45, 7) is 0.640. The highest BCUT2D eigenvalue weighted by atomic mass is 14.5. The van der Waals surface area contributed by atoms with Crippen LogP contribution in [-0.4, -0.2) is 0 Å². The molecule has 66 valence electrons. The lowest BCUT2D eigenvalue weighted by atomic mass is 10.0. The lowest BCUT2D eigenvalue weighted by molar-refractivity contribution is 0.504. The molecular formula is C11H17N. The minimum atomic E-state index is 0.640. The molecule has 1 fully saturated rings. The molecule has 1 aromatic rings. The molecule has 1 aliphatic carbocycles. The Bertz CT molecular complexity index is 185. The van der Waals surface area contributed by atoms with Crippen molar-refractivity contribution in [1.29, 1.82) is 0 Å². The summed E-state index contributed by atoms with van der Waals surface area (Å²) in [5.41, 5.74) is 6.54. The summed E-state index contributed by atoms with van der Waals surface area (Å²) >= 11 is 0. The summed E-state index contributed by atoms with van der Waals surface area (Å²) in [4.78, 5) is 0. The van der Waals surface area contributed by atoms with Gasteiger partial charge in [0.25, 0.3) is 0 Å². The van der Waals surface area contributed by atoms with Crippen LogP contribution in [-0.2, 0) is 6.54 Å². The summed E-state index contributed by atoms with van der Waals surface area (Å²) in [5, 5.41) is 0. The molecule has 1 heteroatoms. The van der Waals surface area contributed by atoms with Crippen LogP contribution in [0.3, 0.4) is 0 Å². The Morgan fingerprint density at radius 3 is 1.67 bits per heavy atom. The zero-order valence-electron chi connectivity index (χ0n) is 7.50. The van der Waals surface area contributed by atoms with Gasteiger partial charge in [-0.25, -0.2) is 0 Å². The number of nitrogens with two attached hydrogens (primary N) is 1. The van der Waals surface area contributed by atoms with Crippen LogP contribution in [0.1, 0.15) is 31.2 Å². The van der Waals surface area contributed by atoms with E-state index in [0.717, 1.165) is 0 Å². The summed E-state index contributed by atoms with van der Waals surface area (Å²) in [7, 11) is 0. The second kappa shape index (κ2) is 5.78. The number of hydrogen-bond donors (Lipinski definition) is 1. The molecule has 0 bridgehead atoms. The van der Waals surface area contributed by atoms with E-state index < -0.39 is 0 Å². The van der Waals surface area contributed by atoms with Gasteiger partial charge in [0.2, 0.25) is 0 Å². The normalized spacial score (nSPS) is 14.1. The van der Waals surface area contributed by atoms with E-state index in [1.165, 1.54) is 31.2 Å². The van der Waals surface area contributed by atoms with Crippen LogP contribution in [0, 0.1) is 0 Å². The molecule has 0 heterocycles.